The molecule has 2 aromatic heterocycles. The third-order valence-corrected chi connectivity index (χ3v) is 17.4. The van der Waals surface area contributed by atoms with Crippen LogP contribution in [0.1, 0.15) is 17.8 Å². The Morgan fingerprint density at radius 2 is 0.746 bits per heavy atom. The summed E-state index contributed by atoms with van der Waals surface area (Å²) in [6, 6.07) is 48.5. The average molecular weight is 830 g/mol. The van der Waals surface area contributed by atoms with E-state index in [1.807, 2.05) is 127 Å². The van der Waals surface area contributed by atoms with Gasteiger partial charge in [-0.3, -0.25) is 0 Å². The summed E-state index contributed by atoms with van der Waals surface area (Å²) in [7, 11) is -3.72. The number of hydrogen-bond acceptors (Lipinski definition) is 0. The second-order valence-corrected chi connectivity index (χ2v) is 19.6. The van der Waals surface area contributed by atoms with Crippen molar-refractivity contribution in [3.05, 3.63) is 242 Å². The largest absolute Gasteiger partial charge is 0.309 e. The molecule has 0 saturated carbocycles. The van der Waals surface area contributed by atoms with E-state index in [9.17, 15) is 5.48 Å². The number of benzene rings is 11. The second-order valence-electron chi connectivity index (χ2n) is 15.8. The second kappa shape index (κ2) is 14.0. The molecule has 13 aromatic rings. The van der Waals surface area contributed by atoms with Gasteiger partial charge in [0.1, 0.15) is 0 Å². The maximum absolute atomic E-state index is 9.47. The summed E-state index contributed by atoms with van der Waals surface area (Å²) in [4.78, 5) is 0. The molecule has 0 fully saturated rings. The number of aromatic nitrogens is 2. The van der Waals surface area contributed by atoms with Gasteiger partial charge in [-0.1, -0.05) is 194 Å². The Morgan fingerprint density at radius 3 is 1.37 bits per heavy atom. The van der Waals surface area contributed by atoms with E-state index in [4.69, 9.17) is 12.3 Å². The highest BCUT2D eigenvalue weighted by Gasteiger charge is 2.41. The molecule has 3 heteroatoms. The van der Waals surface area contributed by atoms with Crippen LogP contribution >= 0.6 is 0 Å². The third-order valence-electron chi connectivity index (χ3n) is 12.8. The highest BCUT2D eigenvalue weighted by molar-refractivity contribution is 7.19. The molecular formula is C60H40N2Si. The summed E-state index contributed by atoms with van der Waals surface area (Å²) in [6.07, 6.45) is 0. The molecule has 2 heterocycles. The van der Waals surface area contributed by atoms with E-state index in [1.165, 1.54) is 0 Å². The minimum absolute atomic E-state index is 0.00669. The van der Waals surface area contributed by atoms with Gasteiger partial charge in [-0.05, 0) is 96.2 Å². The van der Waals surface area contributed by atoms with E-state index in [-0.39, 0.29) is 51.2 Å². The lowest BCUT2D eigenvalue weighted by molar-refractivity contribution is 1.17. The summed E-state index contributed by atoms with van der Waals surface area (Å²) >= 11 is 0. The maximum atomic E-state index is 9.47. The zero-order valence-electron chi connectivity index (χ0n) is 46.5. The van der Waals surface area contributed by atoms with Gasteiger partial charge in [0.25, 0.3) is 0 Å². The highest BCUT2D eigenvalue weighted by Crippen LogP contribution is 2.44. The fourth-order valence-corrected chi connectivity index (χ4v) is 14.6. The van der Waals surface area contributed by atoms with Crippen LogP contribution in [-0.4, -0.2) is 17.2 Å². The van der Waals surface area contributed by atoms with Crippen molar-refractivity contribution < 1.29 is 17.8 Å². The number of para-hydroxylation sites is 2. The first-order valence-corrected chi connectivity index (χ1v) is 22.8. The van der Waals surface area contributed by atoms with Crippen LogP contribution in [0.4, 0.5) is 0 Å². The van der Waals surface area contributed by atoms with Crippen LogP contribution in [0.15, 0.2) is 242 Å². The number of nitrogens with zero attached hydrogens (tertiary/aromatic N) is 2. The van der Waals surface area contributed by atoms with Crippen LogP contribution in [-0.2, 0) is 0 Å². The molecule has 2 nitrogen and oxygen atoms in total. The summed E-state index contributed by atoms with van der Waals surface area (Å²) in [5, 5.41) is 10.5. The lowest BCUT2D eigenvalue weighted by Gasteiger charge is -2.34. The minimum Gasteiger partial charge on any atom is -0.309 e. The predicted octanol–water partition coefficient (Wildman–Crippen LogP) is 12.7. The van der Waals surface area contributed by atoms with E-state index < -0.39 is 62.5 Å². The van der Waals surface area contributed by atoms with Gasteiger partial charge in [0, 0.05) is 38.3 Å². The zero-order valence-corrected chi connectivity index (χ0v) is 34.5. The molecule has 0 radical (unpaired) electrons. The monoisotopic (exact) mass is 829 g/mol. The Kier molecular flexibility index (Phi) is 5.58. The van der Waals surface area contributed by atoms with Crippen molar-refractivity contribution in [3.8, 4) is 11.4 Å². The number of fused-ring (bicyclic) bond motifs is 13. The molecule has 0 N–H and O–H groups in total. The van der Waals surface area contributed by atoms with Crippen molar-refractivity contribution in [2.75, 3.05) is 0 Å². The zero-order chi connectivity index (χ0) is 52.8. The lowest BCUT2D eigenvalue weighted by atomic mass is 9.92. The van der Waals surface area contributed by atoms with Gasteiger partial charge in [-0.25, -0.2) is 0 Å². The molecule has 0 spiro atoms. The number of rotatable bonds is 6. The standard InChI is InChI=1S/C60H40N2Si/c1-4-18-43(19-5-1)63(44-20-6-2-7-21-44,45-22-8-3-9-23-45)46-35-32-41(33-36-46)61-57-38-34-42(62-55-30-16-14-27-50(55)51-28-15-17-31-56(51)62)40-54(57)60-58(61)39-37-53-49-26-11-10-24-47(49)48-25-12-13-29-52(48)59(53)60/h1-40H/i1D,4D,5D,14D,15D,16D,17D,18D,19D,27D,28D,30D,31D. The van der Waals surface area contributed by atoms with Crippen LogP contribution < -0.4 is 20.7 Å². The van der Waals surface area contributed by atoms with E-state index in [2.05, 4.69) is 41.0 Å². The van der Waals surface area contributed by atoms with Crippen LogP contribution in [0.5, 0.6) is 0 Å². The molecule has 0 aliphatic carbocycles. The summed E-state index contributed by atoms with van der Waals surface area (Å²) < 4.78 is 121. The van der Waals surface area contributed by atoms with E-state index in [0.29, 0.717) is 5.69 Å². The van der Waals surface area contributed by atoms with Crippen molar-refractivity contribution in [3.63, 3.8) is 0 Å². The molecule has 63 heavy (non-hydrogen) atoms. The Hall–Kier alpha value is -7.98. The van der Waals surface area contributed by atoms with E-state index >= 15 is 0 Å². The first kappa shape index (κ1) is 25.1. The Balaban J connectivity index is 1.16. The van der Waals surface area contributed by atoms with Gasteiger partial charge in [0.15, 0.2) is 8.07 Å². The fraction of sp³-hybridized carbons (Fsp3) is 0. The molecule has 0 aliphatic heterocycles. The van der Waals surface area contributed by atoms with E-state index in [0.717, 1.165) is 75.4 Å². The lowest BCUT2D eigenvalue weighted by Crippen LogP contribution is -2.74. The topological polar surface area (TPSA) is 9.86 Å². The van der Waals surface area contributed by atoms with Crippen molar-refractivity contribution in [1.82, 2.24) is 9.13 Å². The molecule has 11 aromatic carbocycles. The van der Waals surface area contributed by atoms with Gasteiger partial charge in [-0.15, -0.1) is 0 Å². The molecule has 13 rings (SSSR count). The van der Waals surface area contributed by atoms with Gasteiger partial charge < -0.3 is 9.13 Å². The number of hydrogen-bond donors (Lipinski definition) is 0. The molecule has 0 atom stereocenters. The Labute approximate surface area is 384 Å². The molecule has 0 bridgehead atoms. The van der Waals surface area contributed by atoms with Gasteiger partial charge in [-0.2, -0.15) is 0 Å². The van der Waals surface area contributed by atoms with Gasteiger partial charge >= 0.3 is 0 Å². The normalized spacial score (nSPS) is 15.0. The minimum atomic E-state index is -3.72. The third kappa shape index (κ3) is 5.18. The van der Waals surface area contributed by atoms with E-state index in [1.54, 1.807) is 4.57 Å². The van der Waals surface area contributed by atoms with Crippen molar-refractivity contribution >= 4 is 105 Å². The molecule has 0 amide bonds. The SMILES string of the molecule is [2H]c1c([2H])c([2H])c([Si](c2ccccc2)(c2ccccc2)c2ccc(-n3c4ccc(-n5c6c([2H])c([2H])c([2H])c([2H])c6c6c([2H])c([2H])c([2H])c([2H])c65)cc4c4c5c6ccccc6c6ccccc6c5ccc43)cc2)c([2H])c1[2H]. The van der Waals surface area contributed by atoms with Gasteiger partial charge in [0.2, 0.25) is 0 Å². The Morgan fingerprint density at radius 1 is 0.286 bits per heavy atom. The summed E-state index contributed by atoms with van der Waals surface area (Å²) in [5.74, 6) is 0. The van der Waals surface area contributed by atoms with Crippen LogP contribution in [0.3, 0.4) is 0 Å². The van der Waals surface area contributed by atoms with Gasteiger partial charge in [0.05, 0.1) is 39.9 Å². The molecule has 294 valence electrons. The average Bonchev–Trinajstić information content (AvgIpc) is 4.19. The summed E-state index contributed by atoms with van der Waals surface area (Å²) in [6.45, 7) is 0. The maximum Gasteiger partial charge on any atom is 0.179 e. The van der Waals surface area contributed by atoms with Crippen molar-refractivity contribution in [2.45, 2.75) is 0 Å². The highest BCUT2D eigenvalue weighted by atomic mass is 28.3. The quantitative estimate of drug-likeness (QED) is 0.0898. The fourth-order valence-electron chi connectivity index (χ4n) is 10.2. The smallest absolute Gasteiger partial charge is 0.179 e. The molecule has 0 unspecified atom stereocenters. The van der Waals surface area contributed by atoms with Crippen LogP contribution in [0.2, 0.25) is 0 Å². The molecule has 0 saturated heterocycles. The first-order chi connectivity index (χ1) is 36.7. The van der Waals surface area contributed by atoms with Crippen molar-refractivity contribution in [2.24, 2.45) is 0 Å². The molecular weight excluding hydrogens is 777 g/mol. The van der Waals surface area contributed by atoms with Crippen LogP contribution in [0.25, 0.3) is 87.3 Å². The molecule has 0 aliphatic rings. The van der Waals surface area contributed by atoms with Crippen molar-refractivity contribution in [1.29, 1.82) is 0 Å². The van der Waals surface area contributed by atoms with Crippen LogP contribution in [0, 0.1) is 0 Å². The first-order valence-electron chi connectivity index (χ1n) is 27.3. The predicted molar refractivity (Wildman–Crippen MR) is 271 cm³/mol. The summed E-state index contributed by atoms with van der Waals surface area (Å²) in [5.41, 5.74) is 2.82. The Bertz CT molecular complexity index is 4490.